The highest BCUT2D eigenvalue weighted by atomic mass is 32.2. The number of carbonyl (C=O) groups excluding carboxylic acids is 1. The van der Waals surface area contributed by atoms with E-state index in [9.17, 15) is 4.79 Å². The zero-order valence-corrected chi connectivity index (χ0v) is 14.3. The number of rotatable bonds is 6. The Balaban J connectivity index is 2.11. The van der Waals surface area contributed by atoms with Crippen LogP contribution in [0.25, 0.3) is 0 Å². The van der Waals surface area contributed by atoms with Gasteiger partial charge in [0.1, 0.15) is 0 Å². The molecule has 1 N–H and O–H groups in total. The van der Waals surface area contributed by atoms with Crippen LogP contribution in [0, 0.1) is 5.92 Å². The van der Waals surface area contributed by atoms with Crippen LogP contribution in [0.3, 0.4) is 0 Å². The van der Waals surface area contributed by atoms with Crippen molar-refractivity contribution in [1.29, 1.82) is 0 Å². The summed E-state index contributed by atoms with van der Waals surface area (Å²) >= 11 is 1.72. The molecule has 1 amide bonds. The van der Waals surface area contributed by atoms with Crippen LogP contribution in [0.4, 0.5) is 11.4 Å². The van der Waals surface area contributed by atoms with Crippen LogP contribution < -0.4 is 10.2 Å². The molecule has 2 rings (SSSR count). The van der Waals surface area contributed by atoms with E-state index in [1.807, 2.05) is 6.07 Å². The molecule has 1 aliphatic heterocycles. The number of carbonyl (C=O) groups is 1. The average molecular weight is 306 g/mol. The van der Waals surface area contributed by atoms with Gasteiger partial charge in [-0.1, -0.05) is 26.8 Å². The van der Waals surface area contributed by atoms with Crippen LogP contribution in [0.2, 0.25) is 0 Å². The van der Waals surface area contributed by atoms with E-state index in [0.29, 0.717) is 5.92 Å². The Bertz CT molecular complexity index is 502. The van der Waals surface area contributed by atoms with Gasteiger partial charge in [0, 0.05) is 24.5 Å². The second-order valence-corrected chi connectivity index (χ2v) is 7.20. The third kappa shape index (κ3) is 3.73. The van der Waals surface area contributed by atoms with E-state index >= 15 is 0 Å². The van der Waals surface area contributed by atoms with Gasteiger partial charge in [0.05, 0.1) is 5.25 Å². The van der Waals surface area contributed by atoms with Gasteiger partial charge in [-0.15, -0.1) is 11.8 Å². The van der Waals surface area contributed by atoms with Gasteiger partial charge in [-0.3, -0.25) is 4.79 Å². The van der Waals surface area contributed by atoms with Gasteiger partial charge in [0.2, 0.25) is 5.91 Å². The summed E-state index contributed by atoms with van der Waals surface area (Å²) in [5, 5.41) is 3.12. The van der Waals surface area contributed by atoms with E-state index in [1.165, 1.54) is 11.3 Å². The minimum absolute atomic E-state index is 0.0190. The standard InChI is InChI=1S/C17H26N2OS/c1-5-19-10-9-13-7-8-14(11-15(13)19)18-17(20)16(12(3)4)21-6-2/h7-8,11-12,16H,5-6,9-10H2,1-4H3,(H,18,20). The zero-order valence-electron chi connectivity index (χ0n) is 13.5. The fraction of sp³-hybridized carbons (Fsp3) is 0.588. The highest BCUT2D eigenvalue weighted by Gasteiger charge is 2.23. The lowest BCUT2D eigenvalue weighted by atomic mass is 10.1. The van der Waals surface area contributed by atoms with Crippen molar-refractivity contribution >= 4 is 29.0 Å². The number of likely N-dealkylation sites (N-methyl/N-ethyl adjacent to an activating group) is 1. The van der Waals surface area contributed by atoms with E-state index in [2.05, 4.69) is 50.0 Å². The van der Waals surface area contributed by atoms with Gasteiger partial charge in [0.15, 0.2) is 0 Å². The van der Waals surface area contributed by atoms with Crippen molar-refractivity contribution in [3.05, 3.63) is 23.8 Å². The molecule has 4 heteroatoms. The third-order valence-corrected chi connectivity index (χ3v) is 5.39. The molecule has 0 spiro atoms. The van der Waals surface area contributed by atoms with Crippen LogP contribution in [0.5, 0.6) is 0 Å². The Morgan fingerprint density at radius 3 is 2.76 bits per heavy atom. The van der Waals surface area contributed by atoms with E-state index in [-0.39, 0.29) is 11.2 Å². The highest BCUT2D eigenvalue weighted by Crippen LogP contribution is 2.31. The lowest BCUT2D eigenvalue weighted by Gasteiger charge is -2.20. The lowest BCUT2D eigenvalue weighted by Crippen LogP contribution is -2.29. The minimum atomic E-state index is 0.0190. The molecule has 0 aromatic heterocycles. The van der Waals surface area contributed by atoms with Crippen molar-refractivity contribution < 1.29 is 4.79 Å². The predicted octanol–water partition coefficient (Wildman–Crippen LogP) is 3.79. The summed E-state index contributed by atoms with van der Waals surface area (Å²) in [6.07, 6.45) is 1.11. The summed E-state index contributed by atoms with van der Waals surface area (Å²) < 4.78 is 0. The fourth-order valence-corrected chi connectivity index (χ4v) is 3.77. The zero-order chi connectivity index (χ0) is 15.4. The van der Waals surface area contributed by atoms with E-state index in [1.54, 1.807) is 11.8 Å². The summed E-state index contributed by atoms with van der Waals surface area (Å²) in [7, 11) is 0. The third-order valence-electron chi connectivity index (χ3n) is 3.94. The molecular formula is C17H26N2OS. The molecule has 1 aromatic carbocycles. The smallest absolute Gasteiger partial charge is 0.237 e. The molecule has 1 aliphatic rings. The molecule has 116 valence electrons. The first-order valence-corrected chi connectivity index (χ1v) is 8.92. The Kier molecular flexibility index (Phi) is 5.57. The first-order valence-electron chi connectivity index (χ1n) is 7.87. The predicted molar refractivity (Wildman–Crippen MR) is 93.4 cm³/mol. The number of fused-ring (bicyclic) bond motifs is 1. The van der Waals surface area contributed by atoms with Crippen molar-refractivity contribution in [3.8, 4) is 0 Å². The topological polar surface area (TPSA) is 32.3 Å². The molecule has 3 nitrogen and oxygen atoms in total. The SMILES string of the molecule is CCSC(C(=O)Nc1ccc2c(c1)N(CC)CC2)C(C)C. The van der Waals surface area contributed by atoms with Crippen molar-refractivity contribution in [3.63, 3.8) is 0 Å². The number of nitrogens with one attached hydrogen (secondary N) is 1. The highest BCUT2D eigenvalue weighted by molar-refractivity contribution is 8.00. The van der Waals surface area contributed by atoms with Gasteiger partial charge >= 0.3 is 0 Å². The summed E-state index contributed by atoms with van der Waals surface area (Å²) in [4.78, 5) is 14.8. The van der Waals surface area contributed by atoms with Crippen LogP contribution >= 0.6 is 11.8 Å². The second-order valence-electron chi connectivity index (χ2n) is 5.78. The van der Waals surface area contributed by atoms with Crippen LogP contribution in [0.15, 0.2) is 18.2 Å². The maximum atomic E-state index is 12.4. The van der Waals surface area contributed by atoms with E-state index in [4.69, 9.17) is 0 Å². The normalized spacial score (nSPS) is 15.2. The van der Waals surface area contributed by atoms with E-state index < -0.39 is 0 Å². The molecule has 0 saturated heterocycles. The molecule has 0 aliphatic carbocycles. The Hall–Kier alpha value is -1.16. The maximum absolute atomic E-state index is 12.4. The van der Waals surface area contributed by atoms with Crippen LogP contribution in [0.1, 0.15) is 33.3 Å². The fourth-order valence-electron chi connectivity index (χ4n) is 2.82. The monoisotopic (exact) mass is 306 g/mol. The summed E-state index contributed by atoms with van der Waals surface area (Å²) in [6.45, 7) is 10.6. The number of anilines is 2. The molecule has 21 heavy (non-hydrogen) atoms. The van der Waals surface area contributed by atoms with Crippen molar-refractivity contribution in [2.75, 3.05) is 29.1 Å². The molecule has 1 unspecified atom stereocenters. The Labute approximate surface area is 132 Å². The first kappa shape index (κ1) is 16.2. The van der Waals surface area contributed by atoms with Gasteiger partial charge in [-0.05, 0) is 42.7 Å². The molecule has 0 saturated carbocycles. The molecule has 0 radical (unpaired) electrons. The second kappa shape index (κ2) is 7.21. The van der Waals surface area contributed by atoms with E-state index in [0.717, 1.165) is 31.0 Å². The number of hydrogen-bond donors (Lipinski definition) is 1. The largest absolute Gasteiger partial charge is 0.371 e. The molecule has 0 fully saturated rings. The van der Waals surface area contributed by atoms with Gasteiger partial charge in [-0.2, -0.15) is 0 Å². The number of nitrogens with zero attached hydrogens (tertiary/aromatic N) is 1. The molecular weight excluding hydrogens is 280 g/mol. The average Bonchev–Trinajstić information content (AvgIpc) is 2.86. The lowest BCUT2D eigenvalue weighted by molar-refractivity contribution is -0.116. The molecule has 1 heterocycles. The van der Waals surface area contributed by atoms with Crippen molar-refractivity contribution in [2.24, 2.45) is 5.92 Å². The number of amides is 1. The Morgan fingerprint density at radius 2 is 2.14 bits per heavy atom. The number of benzene rings is 1. The van der Waals surface area contributed by atoms with Gasteiger partial charge in [0.25, 0.3) is 0 Å². The number of thioether (sulfide) groups is 1. The Morgan fingerprint density at radius 1 is 1.38 bits per heavy atom. The van der Waals surface area contributed by atoms with Crippen molar-refractivity contribution in [2.45, 2.75) is 39.4 Å². The molecule has 0 bridgehead atoms. The summed E-state index contributed by atoms with van der Waals surface area (Å²) in [5.41, 5.74) is 3.58. The van der Waals surface area contributed by atoms with Crippen LogP contribution in [-0.4, -0.2) is 30.0 Å². The number of hydrogen-bond acceptors (Lipinski definition) is 3. The molecule has 1 atom stereocenters. The molecule has 1 aromatic rings. The quantitative estimate of drug-likeness (QED) is 0.868. The van der Waals surface area contributed by atoms with Gasteiger partial charge < -0.3 is 10.2 Å². The van der Waals surface area contributed by atoms with Crippen LogP contribution in [-0.2, 0) is 11.2 Å². The summed E-state index contributed by atoms with van der Waals surface area (Å²) in [5.74, 6) is 1.43. The minimum Gasteiger partial charge on any atom is -0.371 e. The summed E-state index contributed by atoms with van der Waals surface area (Å²) in [6, 6.07) is 6.31. The van der Waals surface area contributed by atoms with Crippen molar-refractivity contribution in [1.82, 2.24) is 0 Å². The maximum Gasteiger partial charge on any atom is 0.237 e. The first-order chi connectivity index (χ1) is 10.1. The van der Waals surface area contributed by atoms with Gasteiger partial charge in [-0.25, -0.2) is 0 Å².